The maximum absolute atomic E-state index is 14.5. The molecule has 0 saturated carbocycles. The summed E-state index contributed by atoms with van der Waals surface area (Å²) in [5.41, 5.74) is 0.236. The molecule has 0 spiro atoms. The van der Waals surface area contributed by atoms with Crippen molar-refractivity contribution in [3.05, 3.63) is 64.5 Å². The fourth-order valence-corrected chi connectivity index (χ4v) is 5.38. The van der Waals surface area contributed by atoms with E-state index in [0.717, 1.165) is 0 Å². The normalized spacial score (nSPS) is 19.6. The van der Waals surface area contributed by atoms with Crippen LogP contribution in [0.3, 0.4) is 0 Å². The van der Waals surface area contributed by atoms with Crippen molar-refractivity contribution in [2.24, 2.45) is 5.41 Å². The second-order valence-electron chi connectivity index (χ2n) is 11.5. The number of hydrogen-bond acceptors (Lipinski definition) is 9. The average Bonchev–Trinajstić information content (AvgIpc) is 3.26. The van der Waals surface area contributed by atoms with E-state index in [2.05, 4.69) is 25.3 Å². The molecule has 1 fully saturated rings. The Morgan fingerprint density at radius 3 is 2.68 bits per heavy atom. The molecule has 1 aliphatic rings. The van der Waals surface area contributed by atoms with Gasteiger partial charge in [-0.3, -0.25) is 14.7 Å². The third-order valence-corrected chi connectivity index (χ3v) is 7.42. The molecule has 0 radical (unpaired) electrons. The number of benzene rings is 1. The average molecular weight is 587 g/mol. The Hall–Kier alpha value is -3.57. The topological polar surface area (TPSA) is 111 Å². The molecule has 3 aromatic rings. The molecule has 1 saturated heterocycles. The predicted octanol–water partition coefficient (Wildman–Crippen LogP) is 5.69. The van der Waals surface area contributed by atoms with Crippen molar-refractivity contribution >= 4 is 35.3 Å². The van der Waals surface area contributed by atoms with Crippen LogP contribution in [-0.2, 0) is 27.2 Å². The zero-order valence-corrected chi connectivity index (χ0v) is 25.0. The number of nitrogens with zero attached hydrogens (tertiary/aromatic N) is 5. The molecule has 220 valence electrons. The quantitative estimate of drug-likeness (QED) is 0.349. The number of esters is 1. The number of halogens is 2. The summed E-state index contributed by atoms with van der Waals surface area (Å²) in [6.07, 6.45) is 3.91. The monoisotopic (exact) mass is 586 g/mol. The molecule has 0 amide bonds. The summed E-state index contributed by atoms with van der Waals surface area (Å²) in [5.74, 6) is 0.0812. The van der Waals surface area contributed by atoms with E-state index in [9.17, 15) is 14.0 Å². The number of aryl methyl sites for hydroxylation is 1. The molecular weight excluding hydrogens is 551 g/mol. The van der Waals surface area contributed by atoms with Gasteiger partial charge >= 0.3 is 12.1 Å². The van der Waals surface area contributed by atoms with Crippen molar-refractivity contribution in [1.29, 1.82) is 0 Å². The number of aromatic nitrogens is 4. The molecule has 1 unspecified atom stereocenters. The van der Waals surface area contributed by atoms with Crippen molar-refractivity contribution in [2.45, 2.75) is 72.1 Å². The first kappa shape index (κ1) is 30.4. The fraction of sp³-hybridized carbons (Fsp3) is 0.483. The van der Waals surface area contributed by atoms with Crippen molar-refractivity contribution in [3.63, 3.8) is 0 Å². The summed E-state index contributed by atoms with van der Waals surface area (Å²) < 4.78 is 26.4. The SMILES string of the molecule is COC(=O)C1(Cc2cncc(Nc3cc(C)n(C(=O)OC(C)(C)C)n3)n2)CCN(Cc2cccc(Cl)c2F)[C@H](C)C1. The molecule has 2 aromatic heterocycles. The van der Waals surface area contributed by atoms with Crippen LogP contribution in [0.5, 0.6) is 0 Å². The van der Waals surface area contributed by atoms with Gasteiger partial charge in [0.2, 0.25) is 0 Å². The number of methoxy groups -OCH3 is 1. The number of hydrogen-bond donors (Lipinski definition) is 1. The molecule has 0 bridgehead atoms. The Morgan fingerprint density at radius 2 is 2.00 bits per heavy atom. The highest BCUT2D eigenvalue weighted by Gasteiger charge is 2.45. The van der Waals surface area contributed by atoms with Gasteiger partial charge in [0, 0.05) is 42.5 Å². The molecular formula is C29H36ClFN6O4. The van der Waals surface area contributed by atoms with Gasteiger partial charge in [-0.05, 0) is 60.1 Å². The van der Waals surface area contributed by atoms with Crippen LogP contribution in [0, 0.1) is 18.2 Å². The highest BCUT2D eigenvalue weighted by atomic mass is 35.5. The smallest absolute Gasteiger partial charge is 0.435 e. The lowest BCUT2D eigenvalue weighted by Gasteiger charge is -2.44. The van der Waals surface area contributed by atoms with E-state index in [1.54, 1.807) is 58.3 Å². The lowest BCUT2D eigenvalue weighted by molar-refractivity contribution is -0.157. The first-order valence-corrected chi connectivity index (χ1v) is 13.8. The van der Waals surface area contributed by atoms with Gasteiger partial charge in [0.1, 0.15) is 17.2 Å². The number of piperidine rings is 1. The van der Waals surface area contributed by atoms with E-state index >= 15 is 0 Å². The number of carbonyl (C=O) groups excluding carboxylic acids is 2. The zero-order chi connectivity index (χ0) is 29.9. The summed E-state index contributed by atoms with van der Waals surface area (Å²) in [7, 11) is 1.38. The minimum absolute atomic E-state index is 0.0321. The van der Waals surface area contributed by atoms with E-state index in [0.29, 0.717) is 60.9 Å². The van der Waals surface area contributed by atoms with Gasteiger partial charge in [0.15, 0.2) is 5.82 Å². The van der Waals surface area contributed by atoms with Crippen molar-refractivity contribution in [1.82, 2.24) is 24.6 Å². The second kappa shape index (κ2) is 12.1. The lowest BCUT2D eigenvalue weighted by Crippen LogP contribution is -2.50. The molecule has 0 aliphatic carbocycles. The van der Waals surface area contributed by atoms with Crippen LogP contribution in [0.2, 0.25) is 5.02 Å². The van der Waals surface area contributed by atoms with E-state index in [4.69, 9.17) is 21.1 Å². The minimum atomic E-state index is -0.820. The Kier molecular flexibility index (Phi) is 8.98. The Bertz CT molecular complexity index is 1420. The first-order valence-electron chi connectivity index (χ1n) is 13.4. The maximum Gasteiger partial charge on any atom is 0.435 e. The largest absolute Gasteiger partial charge is 0.469 e. The van der Waals surface area contributed by atoms with E-state index < -0.39 is 22.9 Å². The van der Waals surface area contributed by atoms with E-state index in [-0.39, 0.29) is 17.0 Å². The zero-order valence-electron chi connectivity index (χ0n) is 24.2. The number of anilines is 2. The van der Waals surface area contributed by atoms with Crippen LogP contribution in [0.1, 0.15) is 57.5 Å². The van der Waals surface area contributed by atoms with Crippen LogP contribution in [0.15, 0.2) is 36.7 Å². The molecule has 4 rings (SSSR count). The molecule has 12 heteroatoms. The molecule has 3 heterocycles. The van der Waals surface area contributed by atoms with Gasteiger partial charge in [0.25, 0.3) is 0 Å². The Morgan fingerprint density at radius 1 is 1.24 bits per heavy atom. The van der Waals surface area contributed by atoms with Crippen molar-refractivity contribution in [3.8, 4) is 0 Å². The summed E-state index contributed by atoms with van der Waals surface area (Å²) in [6.45, 7) is 10.1. The van der Waals surface area contributed by atoms with Crippen LogP contribution in [0.4, 0.5) is 20.8 Å². The van der Waals surface area contributed by atoms with Gasteiger partial charge in [-0.2, -0.15) is 4.68 Å². The molecule has 1 aliphatic heterocycles. The lowest BCUT2D eigenvalue weighted by atomic mass is 9.72. The molecule has 1 N–H and O–H groups in total. The van der Waals surface area contributed by atoms with Gasteiger partial charge in [-0.1, -0.05) is 23.7 Å². The highest BCUT2D eigenvalue weighted by molar-refractivity contribution is 6.30. The van der Waals surface area contributed by atoms with E-state index in [1.165, 1.54) is 17.9 Å². The van der Waals surface area contributed by atoms with Crippen LogP contribution >= 0.6 is 11.6 Å². The van der Waals surface area contributed by atoms with Crippen molar-refractivity contribution < 1.29 is 23.5 Å². The number of carbonyl (C=O) groups is 2. The standard InChI is InChI=1S/C29H36ClFN6O4/c1-18-12-23(35-37(18)27(39)41-28(3,4)5)34-24-16-32-15-21(33-24)14-29(26(38)40-6)10-11-36(19(2)13-29)17-20-8-7-9-22(30)25(20)31/h7-9,12,15-16,19H,10-11,13-14,17H2,1-6H3,(H,33,34,35)/t19-,29?/m1/s1. The van der Waals surface area contributed by atoms with Crippen LogP contribution in [0.25, 0.3) is 0 Å². The Balaban J connectivity index is 1.49. The number of nitrogens with one attached hydrogen (secondary N) is 1. The summed E-state index contributed by atoms with van der Waals surface area (Å²) in [5, 5.41) is 7.48. The first-order chi connectivity index (χ1) is 19.3. The number of rotatable bonds is 7. The maximum atomic E-state index is 14.5. The summed E-state index contributed by atoms with van der Waals surface area (Å²) in [4.78, 5) is 36.8. The fourth-order valence-electron chi connectivity index (χ4n) is 5.19. The second-order valence-corrected chi connectivity index (χ2v) is 11.9. The van der Waals surface area contributed by atoms with Crippen LogP contribution < -0.4 is 5.32 Å². The van der Waals surface area contributed by atoms with Gasteiger partial charge in [0.05, 0.1) is 29.4 Å². The van der Waals surface area contributed by atoms with Crippen molar-refractivity contribution in [2.75, 3.05) is 19.0 Å². The van der Waals surface area contributed by atoms with Gasteiger partial charge in [-0.25, -0.2) is 14.2 Å². The molecule has 1 aromatic carbocycles. The van der Waals surface area contributed by atoms with Gasteiger partial charge in [-0.15, -0.1) is 5.10 Å². The molecule has 2 atom stereocenters. The summed E-state index contributed by atoms with van der Waals surface area (Å²) in [6, 6.07) is 6.66. The number of ether oxygens (including phenoxy) is 2. The molecule has 10 nitrogen and oxygen atoms in total. The predicted molar refractivity (Wildman–Crippen MR) is 153 cm³/mol. The number of likely N-dealkylation sites (tertiary alicyclic amines) is 1. The van der Waals surface area contributed by atoms with E-state index in [1.807, 2.05) is 6.92 Å². The minimum Gasteiger partial charge on any atom is -0.469 e. The third kappa shape index (κ3) is 7.20. The third-order valence-electron chi connectivity index (χ3n) is 7.12. The summed E-state index contributed by atoms with van der Waals surface area (Å²) >= 11 is 5.97. The highest BCUT2D eigenvalue weighted by Crippen LogP contribution is 2.40. The molecule has 41 heavy (non-hydrogen) atoms. The van der Waals surface area contributed by atoms with Gasteiger partial charge < -0.3 is 14.8 Å². The Labute approximate surface area is 244 Å². The van der Waals surface area contributed by atoms with Crippen LogP contribution in [-0.4, -0.2) is 62.0 Å².